The summed E-state index contributed by atoms with van der Waals surface area (Å²) in [7, 11) is 2.11. The van der Waals surface area contributed by atoms with Gasteiger partial charge in [-0.15, -0.1) is 0 Å². The number of likely N-dealkylation sites (N-methyl/N-ethyl adjacent to an activating group) is 1. The molecule has 0 unspecified atom stereocenters. The van der Waals surface area contributed by atoms with E-state index in [1.807, 2.05) is 46.0 Å². The highest BCUT2D eigenvalue weighted by Gasteiger charge is 2.24. The second kappa shape index (κ2) is 6.92. The van der Waals surface area contributed by atoms with Crippen LogP contribution in [0.15, 0.2) is 48.5 Å². The molecule has 0 radical (unpaired) electrons. The van der Waals surface area contributed by atoms with Gasteiger partial charge in [0.05, 0.1) is 11.2 Å². The number of fused-ring (bicyclic) bond motifs is 1. The third kappa shape index (κ3) is 3.10. The molecule has 1 aliphatic heterocycles. The first kappa shape index (κ1) is 16.8. The maximum absolute atomic E-state index is 13.2. The molecule has 0 bridgehead atoms. The standard InChI is InChI=1S/C21H24N4O/c1-16-8-10-17(11-9-16)25-19-7-4-3-6-18(19)20(22-25)21(26)24-13-5-12-23(2)14-15-24/h3-4,6-11H,5,12-15H2,1-2H3. The lowest BCUT2D eigenvalue weighted by Gasteiger charge is -2.19. The van der Waals surface area contributed by atoms with Gasteiger partial charge in [-0.1, -0.05) is 35.9 Å². The summed E-state index contributed by atoms with van der Waals surface area (Å²) >= 11 is 0. The van der Waals surface area contributed by atoms with Gasteiger partial charge in [-0.2, -0.15) is 5.10 Å². The topological polar surface area (TPSA) is 41.4 Å². The van der Waals surface area contributed by atoms with Gasteiger partial charge in [0.1, 0.15) is 0 Å². The number of amides is 1. The Labute approximate surface area is 153 Å². The molecule has 0 N–H and O–H groups in total. The summed E-state index contributed by atoms with van der Waals surface area (Å²) in [5.41, 5.74) is 3.69. The Morgan fingerprint density at radius 1 is 0.962 bits per heavy atom. The van der Waals surface area contributed by atoms with Gasteiger partial charge in [0.15, 0.2) is 5.69 Å². The Morgan fingerprint density at radius 2 is 1.73 bits per heavy atom. The van der Waals surface area contributed by atoms with Crippen molar-refractivity contribution in [3.05, 3.63) is 59.8 Å². The van der Waals surface area contributed by atoms with E-state index in [4.69, 9.17) is 5.10 Å². The molecule has 1 saturated heterocycles. The van der Waals surface area contributed by atoms with Crippen molar-refractivity contribution < 1.29 is 4.79 Å². The lowest BCUT2D eigenvalue weighted by atomic mass is 10.2. The second-order valence-corrected chi connectivity index (χ2v) is 7.06. The average Bonchev–Trinajstić information content (AvgIpc) is 2.90. The van der Waals surface area contributed by atoms with Crippen LogP contribution in [0, 0.1) is 6.92 Å². The van der Waals surface area contributed by atoms with Gasteiger partial charge < -0.3 is 9.80 Å². The number of para-hydroxylation sites is 1. The number of nitrogens with zero attached hydrogens (tertiary/aromatic N) is 4. The minimum atomic E-state index is 0.0300. The summed E-state index contributed by atoms with van der Waals surface area (Å²) in [4.78, 5) is 17.4. The smallest absolute Gasteiger partial charge is 0.275 e. The number of hydrogen-bond donors (Lipinski definition) is 0. The Balaban J connectivity index is 1.76. The number of benzene rings is 2. The number of carbonyl (C=O) groups is 1. The van der Waals surface area contributed by atoms with E-state index in [9.17, 15) is 4.79 Å². The lowest BCUT2D eigenvalue weighted by molar-refractivity contribution is 0.0758. The van der Waals surface area contributed by atoms with Crippen molar-refractivity contribution >= 4 is 16.8 Å². The highest BCUT2D eigenvalue weighted by atomic mass is 16.2. The highest BCUT2D eigenvalue weighted by Crippen LogP contribution is 2.24. The summed E-state index contributed by atoms with van der Waals surface area (Å²) in [6.45, 7) is 5.54. The fourth-order valence-corrected chi connectivity index (χ4v) is 3.51. The monoisotopic (exact) mass is 348 g/mol. The number of aryl methyl sites for hydroxylation is 1. The van der Waals surface area contributed by atoms with E-state index in [0.29, 0.717) is 5.69 Å². The fraction of sp³-hybridized carbons (Fsp3) is 0.333. The van der Waals surface area contributed by atoms with Crippen molar-refractivity contribution in [1.82, 2.24) is 19.6 Å². The van der Waals surface area contributed by atoms with Crippen molar-refractivity contribution in [3.8, 4) is 5.69 Å². The summed E-state index contributed by atoms with van der Waals surface area (Å²) in [6, 6.07) is 16.2. The van der Waals surface area contributed by atoms with Crippen molar-refractivity contribution in [2.75, 3.05) is 33.2 Å². The van der Waals surface area contributed by atoms with E-state index in [-0.39, 0.29) is 5.91 Å². The molecular weight excluding hydrogens is 324 g/mol. The molecule has 3 aromatic rings. The van der Waals surface area contributed by atoms with Gasteiger partial charge >= 0.3 is 0 Å². The molecule has 0 atom stereocenters. The van der Waals surface area contributed by atoms with Crippen LogP contribution < -0.4 is 0 Å². The molecule has 134 valence electrons. The van der Waals surface area contributed by atoms with Gasteiger partial charge in [0.25, 0.3) is 5.91 Å². The van der Waals surface area contributed by atoms with E-state index in [1.165, 1.54) is 5.56 Å². The first-order valence-electron chi connectivity index (χ1n) is 9.16. The zero-order valence-electron chi connectivity index (χ0n) is 15.4. The highest BCUT2D eigenvalue weighted by molar-refractivity contribution is 6.05. The molecule has 0 aliphatic carbocycles. The van der Waals surface area contributed by atoms with Crippen LogP contribution in [0.3, 0.4) is 0 Å². The number of rotatable bonds is 2. The van der Waals surface area contributed by atoms with Crippen LogP contribution in [-0.4, -0.2) is 58.7 Å². The summed E-state index contributed by atoms with van der Waals surface area (Å²) in [6.07, 6.45) is 0.999. The van der Waals surface area contributed by atoms with Crippen LogP contribution >= 0.6 is 0 Å². The average molecular weight is 348 g/mol. The van der Waals surface area contributed by atoms with E-state index >= 15 is 0 Å². The number of carbonyl (C=O) groups excluding carboxylic acids is 1. The summed E-state index contributed by atoms with van der Waals surface area (Å²) in [5.74, 6) is 0.0300. The van der Waals surface area contributed by atoms with Crippen molar-refractivity contribution in [2.24, 2.45) is 0 Å². The van der Waals surface area contributed by atoms with Gasteiger partial charge in [-0.25, -0.2) is 4.68 Å². The Kier molecular flexibility index (Phi) is 4.47. The van der Waals surface area contributed by atoms with Crippen LogP contribution in [-0.2, 0) is 0 Å². The largest absolute Gasteiger partial charge is 0.336 e. The first-order chi connectivity index (χ1) is 12.6. The molecule has 2 aromatic carbocycles. The molecule has 1 fully saturated rings. The minimum absolute atomic E-state index is 0.0300. The molecule has 0 spiro atoms. The zero-order chi connectivity index (χ0) is 18.1. The second-order valence-electron chi connectivity index (χ2n) is 7.06. The summed E-state index contributed by atoms with van der Waals surface area (Å²) < 4.78 is 1.88. The number of aromatic nitrogens is 2. The Morgan fingerprint density at radius 3 is 2.54 bits per heavy atom. The quantitative estimate of drug-likeness (QED) is 0.714. The summed E-state index contributed by atoms with van der Waals surface area (Å²) in [5, 5.41) is 5.64. The molecular formula is C21H24N4O. The molecule has 4 rings (SSSR count). The van der Waals surface area contributed by atoms with Crippen molar-refractivity contribution in [1.29, 1.82) is 0 Å². The van der Waals surface area contributed by atoms with Gasteiger partial charge in [-0.3, -0.25) is 4.79 Å². The van der Waals surface area contributed by atoms with Crippen molar-refractivity contribution in [3.63, 3.8) is 0 Å². The predicted octanol–water partition coefficient (Wildman–Crippen LogP) is 3.11. The molecule has 5 heteroatoms. The SMILES string of the molecule is Cc1ccc(-n2nc(C(=O)N3CCCN(C)CC3)c3ccccc32)cc1. The zero-order valence-corrected chi connectivity index (χ0v) is 15.4. The molecule has 2 heterocycles. The van der Waals surface area contributed by atoms with Crippen LogP contribution in [0.5, 0.6) is 0 Å². The van der Waals surface area contributed by atoms with E-state index < -0.39 is 0 Å². The maximum atomic E-state index is 13.2. The molecule has 1 aliphatic rings. The van der Waals surface area contributed by atoms with Crippen molar-refractivity contribution in [2.45, 2.75) is 13.3 Å². The maximum Gasteiger partial charge on any atom is 0.275 e. The van der Waals surface area contributed by atoms with Crippen LogP contribution in [0.25, 0.3) is 16.6 Å². The molecule has 1 amide bonds. The minimum Gasteiger partial charge on any atom is -0.336 e. The van der Waals surface area contributed by atoms with Gasteiger partial charge in [-0.05, 0) is 45.1 Å². The third-order valence-corrected chi connectivity index (χ3v) is 5.08. The van der Waals surface area contributed by atoms with E-state index in [0.717, 1.165) is 49.2 Å². The van der Waals surface area contributed by atoms with Crippen LogP contribution in [0.1, 0.15) is 22.5 Å². The lowest BCUT2D eigenvalue weighted by Crippen LogP contribution is -2.34. The predicted molar refractivity (Wildman–Crippen MR) is 104 cm³/mol. The van der Waals surface area contributed by atoms with Crippen LogP contribution in [0.2, 0.25) is 0 Å². The van der Waals surface area contributed by atoms with E-state index in [2.05, 4.69) is 31.0 Å². The van der Waals surface area contributed by atoms with Gasteiger partial charge in [0, 0.05) is 25.0 Å². The normalized spacial score (nSPS) is 16.0. The first-order valence-corrected chi connectivity index (χ1v) is 9.16. The molecule has 5 nitrogen and oxygen atoms in total. The Bertz CT molecular complexity index is 929. The fourth-order valence-electron chi connectivity index (χ4n) is 3.51. The molecule has 26 heavy (non-hydrogen) atoms. The number of hydrogen-bond acceptors (Lipinski definition) is 3. The third-order valence-electron chi connectivity index (χ3n) is 5.08. The van der Waals surface area contributed by atoms with E-state index in [1.54, 1.807) is 0 Å². The van der Waals surface area contributed by atoms with Crippen LogP contribution in [0.4, 0.5) is 0 Å². The van der Waals surface area contributed by atoms with Gasteiger partial charge in [0.2, 0.25) is 0 Å². The molecule has 1 aromatic heterocycles. The molecule has 0 saturated carbocycles. The Hall–Kier alpha value is -2.66.